The number of rotatable bonds is 2. The normalized spacial score (nSPS) is 12.9. The number of nitrogens with zero attached hydrogens (tertiary/aromatic N) is 2. The van der Waals surface area contributed by atoms with E-state index in [-0.39, 0.29) is 12.1 Å². The van der Waals surface area contributed by atoms with E-state index in [9.17, 15) is 31.1 Å². The van der Waals surface area contributed by atoms with Gasteiger partial charge in [-0.05, 0) is 19.1 Å². The van der Waals surface area contributed by atoms with Gasteiger partial charge in [-0.3, -0.25) is 4.79 Å². The van der Waals surface area contributed by atoms with Crippen molar-refractivity contribution in [3.63, 3.8) is 0 Å². The first-order valence-corrected chi connectivity index (χ1v) is 6.00. The Labute approximate surface area is 131 Å². The highest BCUT2D eigenvalue weighted by molar-refractivity contribution is 6.02. The number of alkyl halides is 6. The third-order valence-electron chi connectivity index (χ3n) is 2.58. The summed E-state index contributed by atoms with van der Waals surface area (Å²) in [6.45, 7) is 0.744. The van der Waals surface area contributed by atoms with Gasteiger partial charge in [-0.25, -0.2) is 4.99 Å². The molecule has 0 amide bonds. The first-order valence-electron chi connectivity index (χ1n) is 6.00. The fraction of sp³-hybridized carbons (Fsp3) is 0.250. The van der Waals surface area contributed by atoms with E-state index in [4.69, 9.17) is 17.2 Å². The Kier molecular flexibility index (Phi) is 5.11. The lowest BCUT2D eigenvalue weighted by molar-refractivity contribution is -0.143. The summed E-state index contributed by atoms with van der Waals surface area (Å²) in [6, 6.07) is 0.0769. The minimum Gasteiger partial charge on any atom is -0.370 e. The SMILES string of the molecule is CC(=O)c1c(N=C(N)N=C(N)N)cc(C(F)(F)F)cc1C(F)(F)F. The number of carbonyl (C=O) groups excluding carboxylic acids is 1. The van der Waals surface area contributed by atoms with Crippen LogP contribution in [-0.4, -0.2) is 17.7 Å². The van der Waals surface area contributed by atoms with E-state index in [1.165, 1.54) is 0 Å². The van der Waals surface area contributed by atoms with Gasteiger partial charge in [0.05, 0.1) is 22.4 Å². The van der Waals surface area contributed by atoms with Crippen molar-refractivity contribution in [2.75, 3.05) is 0 Å². The van der Waals surface area contributed by atoms with Crippen molar-refractivity contribution in [3.05, 3.63) is 28.8 Å². The molecule has 12 heteroatoms. The summed E-state index contributed by atoms with van der Waals surface area (Å²) in [5, 5.41) is 0. The van der Waals surface area contributed by atoms with Gasteiger partial charge in [0, 0.05) is 0 Å². The third kappa shape index (κ3) is 4.60. The fourth-order valence-corrected chi connectivity index (χ4v) is 1.75. The first-order chi connectivity index (χ1) is 10.7. The molecule has 0 spiro atoms. The molecule has 24 heavy (non-hydrogen) atoms. The van der Waals surface area contributed by atoms with E-state index in [1.807, 2.05) is 0 Å². The number of hydrogen-bond acceptors (Lipinski definition) is 2. The Morgan fingerprint density at radius 3 is 1.92 bits per heavy atom. The summed E-state index contributed by atoms with van der Waals surface area (Å²) >= 11 is 0. The Bertz CT molecular complexity index is 716. The van der Waals surface area contributed by atoms with Crippen LogP contribution in [-0.2, 0) is 12.4 Å². The molecule has 0 fully saturated rings. The van der Waals surface area contributed by atoms with E-state index in [1.54, 1.807) is 0 Å². The van der Waals surface area contributed by atoms with Crippen molar-refractivity contribution in [2.24, 2.45) is 27.2 Å². The highest BCUT2D eigenvalue weighted by Crippen LogP contribution is 2.41. The monoisotopic (exact) mass is 355 g/mol. The van der Waals surface area contributed by atoms with Crippen LogP contribution < -0.4 is 17.2 Å². The standard InChI is InChI=1S/C12H11F6N5O/c1-4(24)8-6(12(16,17)18)2-5(11(13,14)15)3-7(8)22-10(21)23-9(19)20/h2-3H,1H3,(H6,19,20,21,22,23). The number of Topliss-reactive ketones (excluding diaryl/α,β-unsaturated/α-hetero) is 1. The molecule has 0 aliphatic heterocycles. The van der Waals surface area contributed by atoms with E-state index in [0.717, 1.165) is 6.92 Å². The number of guanidine groups is 2. The lowest BCUT2D eigenvalue weighted by Crippen LogP contribution is -2.26. The Morgan fingerprint density at radius 2 is 1.54 bits per heavy atom. The molecule has 132 valence electrons. The molecular weight excluding hydrogens is 344 g/mol. The van der Waals surface area contributed by atoms with Crippen LogP contribution in [0.3, 0.4) is 0 Å². The zero-order chi connectivity index (χ0) is 18.9. The smallest absolute Gasteiger partial charge is 0.370 e. The lowest BCUT2D eigenvalue weighted by Gasteiger charge is -2.16. The number of aliphatic imine (C=N–C) groups is 2. The Balaban J connectivity index is 3.84. The van der Waals surface area contributed by atoms with E-state index in [2.05, 4.69) is 9.98 Å². The maximum atomic E-state index is 13.0. The minimum atomic E-state index is -5.22. The predicted octanol–water partition coefficient (Wildman–Crippen LogP) is 2.15. The largest absolute Gasteiger partial charge is 0.417 e. The Hall–Kier alpha value is -2.79. The summed E-state index contributed by atoms with van der Waals surface area (Å²) < 4.78 is 77.6. The quantitative estimate of drug-likeness (QED) is 0.326. The minimum absolute atomic E-state index is 0.174. The summed E-state index contributed by atoms with van der Waals surface area (Å²) in [7, 11) is 0. The van der Waals surface area contributed by atoms with Gasteiger partial charge < -0.3 is 17.2 Å². The number of carbonyl (C=O) groups is 1. The zero-order valence-electron chi connectivity index (χ0n) is 12.0. The zero-order valence-corrected chi connectivity index (χ0v) is 12.0. The second kappa shape index (κ2) is 6.37. The number of halogens is 6. The highest BCUT2D eigenvalue weighted by atomic mass is 19.4. The number of benzene rings is 1. The van der Waals surface area contributed by atoms with Crippen molar-refractivity contribution in [1.29, 1.82) is 0 Å². The van der Waals surface area contributed by atoms with Crippen LogP contribution in [0.15, 0.2) is 22.1 Å². The molecule has 0 heterocycles. The maximum Gasteiger partial charge on any atom is 0.417 e. The van der Waals surface area contributed by atoms with Gasteiger partial charge >= 0.3 is 12.4 Å². The molecule has 1 aromatic carbocycles. The van der Waals surface area contributed by atoms with Gasteiger partial charge in [-0.15, -0.1) is 0 Å². The maximum absolute atomic E-state index is 13.0. The number of ketones is 1. The van der Waals surface area contributed by atoms with Crippen molar-refractivity contribution in [3.8, 4) is 0 Å². The van der Waals surface area contributed by atoms with Crippen LogP contribution in [0.1, 0.15) is 28.4 Å². The average molecular weight is 355 g/mol. The molecular formula is C12H11F6N5O. The second-order valence-corrected chi connectivity index (χ2v) is 4.48. The van der Waals surface area contributed by atoms with Crippen LogP contribution in [0.4, 0.5) is 32.0 Å². The van der Waals surface area contributed by atoms with Crippen molar-refractivity contribution < 1.29 is 31.1 Å². The molecule has 1 aromatic rings. The first kappa shape index (κ1) is 19.3. The fourth-order valence-electron chi connectivity index (χ4n) is 1.75. The van der Waals surface area contributed by atoms with Crippen LogP contribution in [0, 0.1) is 0 Å². The molecule has 0 aromatic heterocycles. The molecule has 6 N–H and O–H groups in total. The van der Waals surface area contributed by atoms with Crippen LogP contribution in [0.5, 0.6) is 0 Å². The molecule has 0 bridgehead atoms. The third-order valence-corrected chi connectivity index (χ3v) is 2.58. The molecule has 0 aliphatic carbocycles. The molecule has 6 nitrogen and oxygen atoms in total. The topological polar surface area (TPSA) is 120 Å². The average Bonchev–Trinajstić information content (AvgIpc) is 2.33. The highest BCUT2D eigenvalue weighted by Gasteiger charge is 2.40. The van der Waals surface area contributed by atoms with Crippen molar-refractivity contribution in [2.45, 2.75) is 19.3 Å². The second-order valence-electron chi connectivity index (χ2n) is 4.48. The van der Waals surface area contributed by atoms with Crippen LogP contribution in [0.2, 0.25) is 0 Å². The van der Waals surface area contributed by atoms with Gasteiger partial charge in [0.2, 0.25) is 5.96 Å². The van der Waals surface area contributed by atoms with Gasteiger partial charge in [-0.2, -0.15) is 31.3 Å². The van der Waals surface area contributed by atoms with E-state index >= 15 is 0 Å². The molecule has 0 saturated carbocycles. The molecule has 0 aliphatic rings. The summed E-state index contributed by atoms with van der Waals surface area (Å²) in [4.78, 5) is 18.0. The molecule has 0 saturated heterocycles. The van der Waals surface area contributed by atoms with Crippen molar-refractivity contribution in [1.82, 2.24) is 0 Å². The molecule has 0 atom stereocenters. The Morgan fingerprint density at radius 1 is 1.00 bits per heavy atom. The molecule has 0 unspecified atom stereocenters. The predicted molar refractivity (Wildman–Crippen MR) is 73.5 cm³/mol. The van der Waals surface area contributed by atoms with Gasteiger partial charge in [0.15, 0.2) is 11.7 Å². The van der Waals surface area contributed by atoms with Gasteiger partial charge in [0.25, 0.3) is 0 Å². The summed E-state index contributed by atoms with van der Waals surface area (Å²) in [6.07, 6.45) is -10.3. The van der Waals surface area contributed by atoms with Gasteiger partial charge in [-0.1, -0.05) is 0 Å². The molecule has 0 radical (unpaired) electrons. The van der Waals surface area contributed by atoms with Crippen molar-refractivity contribution >= 4 is 23.4 Å². The van der Waals surface area contributed by atoms with E-state index < -0.39 is 52.4 Å². The number of nitrogens with two attached hydrogens (primary N) is 3. The molecule has 1 rings (SSSR count). The summed E-state index contributed by atoms with van der Waals surface area (Å²) in [5.41, 5.74) is 9.71. The number of hydrogen-bond donors (Lipinski definition) is 3. The van der Waals surface area contributed by atoms with E-state index in [0.29, 0.717) is 0 Å². The van der Waals surface area contributed by atoms with Gasteiger partial charge in [0.1, 0.15) is 0 Å². The van der Waals surface area contributed by atoms with Crippen LogP contribution in [0.25, 0.3) is 0 Å². The van der Waals surface area contributed by atoms with Crippen LogP contribution >= 0.6 is 0 Å². The summed E-state index contributed by atoms with van der Waals surface area (Å²) in [5.74, 6) is -2.60. The lowest BCUT2D eigenvalue weighted by atomic mass is 9.98.